The SMILES string of the molecule is CS(=O)(=O)N(CC(=O)Cl)S(C)(=O)=O.Cl. The zero-order valence-electron chi connectivity index (χ0n) is 7.30. The van der Waals surface area contributed by atoms with E-state index in [9.17, 15) is 21.6 Å². The van der Waals surface area contributed by atoms with Crippen LogP contribution in [0.2, 0.25) is 0 Å². The van der Waals surface area contributed by atoms with Crippen molar-refractivity contribution in [1.82, 2.24) is 3.71 Å². The van der Waals surface area contributed by atoms with Gasteiger partial charge < -0.3 is 0 Å². The van der Waals surface area contributed by atoms with Gasteiger partial charge in [0.2, 0.25) is 25.3 Å². The van der Waals surface area contributed by atoms with Crippen LogP contribution < -0.4 is 0 Å². The fourth-order valence-electron chi connectivity index (χ4n) is 0.582. The molecule has 0 aromatic rings. The van der Waals surface area contributed by atoms with Gasteiger partial charge in [-0.2, -0.15) is 0 Å². The highest BCUT2D eigenvalue weighted by molar-refractivity contribution is 8.03. The summed E-state index contributed by atoms with van der Waals surface area (Å²) in [5, 5.41) is -1.06. The second-order valence-electron chi connectivity index (χ2n) is 2.31. The Bertz CT molecular complexity index is 367. The third-order valence-electron chi connectivity index (χ3n) is 0.993. The Morgan fingerprint density at radius 1 is 1.14 bits per heavy atom. The van der Waals surface area contributed by atoms with Gasteiger partial charge in [-0.1, -0.05) is 3.71 Å². The van der Waals surface area contributed by atoms with Gasteiger partial charge in [0.25, 0.3) is 0 Å². The summed E-state index contributed by atoms with van der Waals surface area (Å²) in [6, 6.07) is 0. The summed E-state index contributed by atoms with van der Waals surface area (Å²) in [6.07, 6.45) is 1.35. The predicted molar refractivity (Wildman–Crippen MR) is 54.5 cm³/mol. The van der Waals surface area contributed by atoms with E-state index in [1.165, 1.54) is 0 Å². The van der Waals surface area contributed by atoms with Gasteiger partial charge in [0.1, 0.15) is 6.54 Å². The van der Waals surface area contributed by atoms with Crippen molar-refractivity contribution >= 4 is 49.3 Å². The van der Waals surface area contributed by atoms with E-state index in [4.69, 9.17) is 11.6 Å². The molecule has 86 valence electrons. The average molecular weight is 286 g/mol. The van der Waals surface area contributed by atoms with Crippen LogP contribution in [0.15, 0.2) is 0 Å². The smallest absolute Gasteiger partial charge is 0.238 e. The van der Waals surface area contributed by atoms with Crippen molar-refractivity contribution in [2.75, 3.05) is 19.1 Å². The maximum absolute atomic E-state index is 10.8. The number of carbonyl (C=O) groups excluding carboxylic acids is 1. The Morgan fingerprint density at radius 2 is 1.43 bits per heavy atom. The molecule has 0 atom stereocenters. The van der Waals surface area contributed by atoms with Crippen LogP contribution in [-0.4, -0.2) is 44.8 Å². The van der Waals surface area contributed by atoms with Crippen LogP contribution in [0, 0.1) is 0 Å². The molecular weight excluding hydrogens is 277 g/mol. The zero-order chi connectivity index (χ0) is 10.9. The summed E-state index contributed by atoms with van der Waals surface area (Å²) in [6.45, 7) is -0.876. The van der Waals surface area contributed by atoms with Gasteiger partial charge in [0.15, 0.2) is 0 Å². The highest BCUT2D eigenvalue weighted by Gasteiger charge is 2.28. The molecule has 0 aromatic carbocycles. The fraction of sp³-hybridized carbons (Fsp3) is 0.750. The van der Waals surface area contributed by atoms with Crippen molar-refractivity contribution < 1.29 is 21.6 Å². The molecule has 0 aliphatic rings. The van der Waals surface area contributed by atoms with Gasteiger partial charge in [0, 0.05) is 0 Å². The number of nitrogens with zero attached hydrogens (tertiary/aromatic N) is 1. The molecule has 0 N–H and O–H groups in total. The summed E-state index contributed by atoms with van der Waals surface area (Å²) < 4.78 is 43.4. The molecule has 6 nitrogen and oxygen atoms in total. The van der Waals surface area contributed by atoms with Crippen molar-refractivity contribution in [2.45, 2.75) is 0 Å². The van der Waals surface area contributed by atoms with E-state index < -0.39 is 31.8 Å². The summed E-state index contributed by atoms with van der Waals surface area (Å²) in [5.41, 5.74) is 0. The maximum atomic E-state index is 10.8. The Morgan fingerprint density at radius 3 is 1.50 bits per heavy atom. The minimum atomic E-state index is -3.98. The van der Waals surface area contributed by atoms with Crippen molar-refractivity contribution in [3.8, 4) is 0 Å². The molecule has 10 heteroatoms. The van der Waals surface area contributed by atoms with Crippen molar-refractivity contribution in [2.24, 2.45) is 0 Å². The molecule has 0 saturated carbocycles. The van der Waals surface area contributed by atoms with E-state index in [0.29, 0.717) is 12.5 Å². The zero-order valence-corrected chi connectivity index (χ0v) is 10.5. The van der Waals surface area contributed by atoms with Gasteiger partial charge in [-0.3, -0.25) is 4.79 Å². The number of rotatable bonds is 4. The van der Waals surface area contributed by atoms with Gasteiger partial charge in [-0.05, 0) is 11.6 Å². The second-order valence-corrected chi connectivity index (χ2v) is 6.78. The number of halogens is 2. The number of hydrogen-bond acceptors (Lipinski definition) is 5. The van der Waals surface area contributed by atoms with E-state index in [-0.39, 0.29) is 16.1 Å². The van der Waals surface area contributed by atoms with Gasteiger partial charge in [0.05, 0.1) is 12.5 Å². The lowest BCUT2D eigenvalue weighted by molar-refractivity contribution is -0.111. The second kappa shape index (κ2) is 5.26. The van der Waals surface area contributed by atoms with Crippen molar-refractivity contribution in [1.29, 1.82) is 0 Å². The van der Waals surface area contributed by atoms with Crippen LogP contribution in [0.1, 0.15) is 0 Å². The largest absolute Gasteiger partial charge is 0.280 e. The van der Waals surface area contributed by atoms with Gasteiger partial charge in [-0.15, -0.1) is 12.4 Å². The lowest BCUT2D eigenvalue weighted by atomic mass is 10.8. The minimum absolute atomic E-state index is 0. The third kappa shape index (κ3) is 5.76. The maximum Gasteiger partial charge on any atom is 0.238 e. The first-order valence-corrected chi connectivity index (χ1v) is 6.99. The van der Waals surface area contributed by atoms with Crippen LogP contribution in [0.5, 0.6) is 0 Å². The quantitative estimate of drug-likeness (QED) is 0.643. The molecule has 0 amide bonds. The molecule has 0 aromatic heterocycles. The highest BCUT2D eigenvalue weighted by atomic mass is 35.5. The molecule has 0 aliphatic heterocycles. The summed E-state index contributed by atoms with van der Waals surface area (Å²) in [7, 11) is -7.96. The molecule has 0 heterocycles. The van der Waals surface area contributed by atoms with Gasteiger partial charge in [-0.25, -0.2) is 16.8 Å². The first kappa shape index (κ1) is 16.5. The molecule has 0 unspecified atom stereocenters. The monoisotopic (exact) mass is 285 g/mol. The molecule has 0 spiro atoms. The number of carbonyl (C=O) groups is 1. The van der Waals surface area contributed by atoms with Crippen LogP contribution in [0.4, 0.5) is 0 Å². The summed E-state index contributed by atoms with van der Waals surface area (Å²) >= 11 is 4.88. The van der Waals surface area contributed by atoms with Crippen molar-refractivity contribution in [3.05, 3.63) is 0 Å². The topological polar surface area (TPSA) is 88.6 Å². The van der Waals surface area contributed by atoms with E-state index in [2.05, 4.69) is 0 Å². The Labute approximate surface area is 93.7 Å². The van der Waals surface area contributed by atoms with E-state index in [1.807, 2.05) is 0 Å². The molecule has 0 bridgehead atoms. The molecule has 0 radical (unpaired) electrons. The number of sulfonamides is 2. The normalized spacial score (nSPS) is 12.3. The van der Waals surface area contributed by atoms with Crippen LogP contribution >= 0.6 is 24.0 Å². The molecular formula is C4H9Cl2NO5S2. The third-order valence-corrected chi connectivity index (χ3v) is 4.48. The van der Waals surface area contributed by atoms with Crippen LogP contribution in [0.25, 0.3) is 0 Å². The lowest BCUT2D eigenvalue weighted by Crippen LogP contribution is -2.38. The van der Waals surface area contributed by atoms with Crippen LogP contribution in [0.3, 0.4) is 0 Å². The lowest BCUT2D eigenvalue weighted by Gasteiger charge is -2.14. The minimum Gasteiger partial charge on any atom is -0.280 e. The molecule has 0 saturated heterocycles. The van der Waals surface area contributed by atoms with Crippen molar-refractivity contribution in [3.63, 3.8) is 0 Å². The Hall–Kier alpha value is 0.110. The predicted octanol–water partition coefficient (Wildman–Crippen LogP) is -0.605. The standard InChI is InChI=1S/C4H8ClNO5S2.ClH/c1-12(8,9)6(3-4(5)7)13(2,10)11;/h3H2,1-2H3;1H. The molecule has 0 aliphatic carbocycles. The van der Waals surface area contributed by atoms with E-state index >= 15 is 0 Å². The number of hydrogen-bond donors (Lipinski definition) is 0. The highest BCUT2D eigenvalue weighted by Crippen LogP contribution is 2.05. The summed E-state index contributed by atoms with van der Waals surface area (Å²) in [5.74, 6) is 0. The van der Waals surface area contributed by atoms with E-state index in [1.54, 1.807) is 0 Å². The van der Waals surface area contributed by atoms with Crippen LogP contribution in [-0.2, 0) is 24.8 Å². The first-order chi connectivity index (χ1) is 5.55. The molecule has 14 heavy (non-hydrogen) atoms. The Kier molecular flexibility index (Phi) is 6.22. The molecule has 0 fully saturated rings. The fourth-order valence-corrected chi connectivity index (χ4v) is 3.51. The molecule has 0 rings (SSSR count). The first-order valence-electron chi connectivity index (χ1n) is 2.91. The van der Waals surface area contributed by atoms with Gasteiger partial charge >= 0.3 is 0 Å². The average Bonchev–Trinajstić information content (AvgIpc) is 1.77. The van der Waals surface area contributed by atoms with E-state index in [0.717, 1.165) is 0 Å². The summed E-state index contributed by atoms with van der Waals surface area (Å²) in [4.78, 5) is 10.3. The Balaban J connectivity index is 0.